The average molecular weight is 774 g/mol. The highest BCUT2D eigenvalue weighted by Crippen LogP contribution is 2.50. The second-order valence-corrected chi connectivity index (χ2v) is 16.2. The van der Waals surface area contributed by atoms with E-state index in [4.69, 9.17) is 15.6 Å². The van der Waals surface area contributed by atoms with Crippen molar-refractivity contribution < 1.29 is 4.42 Å². The van der Waals surface area contributed by atoms with Gasteiger partial charge in [-0.25, -0.2) is 4.99 Å². The van der Waals surface area contributed by atoms with Gasteiger partial charge in [-0.2, -0.15) is 0 Å². The number of nitrogens with one attached hydrogen (secondary N) is 1. The van der Waals surface area contributed by atoms with Crippen molar-refractivity contribution in [2.75, 3.05) is 0 Å². The van der Waals surface area contributed by atoms with Gasteiger partial charge in [0.15, 0.2) is 5.84 Å². The molecule has 10 aromatic rings. The van der Waals surface area contributed by atoms with Crippen LogP contribution in [0.2, 0.25) is 0 Å². The lowest BCUT2D eigenvalue weighted by molar-refractivity contribution is 0.660. The molecule has 1 aliphatic rings. The molecule has 0 aliphatic heterocycles. The Balaban J connectivity index is 0.000000564. The second-order valence-electron chi connectivity index (χ2n) is 16.2. The van der Waals surface area contributed by atoms with E-state index in [1.165, 1.54) is 49.4 Å². The van der Waals surface area contributed by atoms with Crippen LogP contribution in [0.3, 0.4) is 0 Å². The highest BCUT2D eigenvalue weighted by atomic mass is 16.3. The standard InChI is InChI=1S/C49H35N3O.C7H8/c1-49(2)41-18-8-7-15-37(41)45-38(17-9-19-42(45)49)48(51)52-47(50)30-23-21-29(22-24-30)34-16-10-20-44-46(34)40-28-32(25-26-43(40)53-44)39-27-31-11-3-4-12-33(31)35-13-5-6-14-36(35)39;1-7-5-3-2-4-6-7/h3-28H,1-2H3,(H3,50,51,52);2-6H,1H3. The molecule has 0 fully saturated rings. The van der Waals surface area contributed by atoms with E-state index in [9.17, 15) is 0 Å². The predicted octanol–water partition coefficient (Wildman–Crippen LogP) is 14.3. The zero-order chi connectivity index (χ0) is 41.0. The smallest absolute Gasteiger partial charge is 0.154 e. The number of rotatable bonds is 4. The van der Waals surface area contributed by atoms with Gasteiger partial charge in [-0.15, -0.1) is 0 Å². The SMILES string of the molecule is CC1(C)c2ccccc2-c2c(C(N)=NC(=N)c3ccc(-c4cccc5oc6ccc(-c7cc8ccccc8c8ccccc78)cc6c45)cc3)cccc21.Cc1ccccc1. The first-order chi connectivity index (χ1) is 29.3. The minimum atomic E-state index is -0.138. The number of nitrogens with zero attached hydrogens (tertiary/aromatic N) is 1. The molecule has 1 heterocycles. The summed E-state index contributed by atoms with van der Waals surface area (Å²) < 4.78 is 6.41. The van der Waals surface area contributed by atoms with Gasteiger partial charge in [-0.3, -0.25) is 5.41 Å². The number of furan rings is 1. The summed E-state index contributed by atoms with van der Waals surface area (Å²) in [7, 11) is 0. The van der Waals surface area contributed by atoms with Crippen LogP contribution in [0.4, 0.5) is 0 Å². The molecule has 288 valence electrons. The van der Waals surface area contributed by atoms with Crippen molar-refractivity contribution in [3.8, 4) is 33.4 Å². The van der Waals surface area contributed by atoms with E-state index in [2.05, 4.69) is 159 Å². The topological polar surface area (TPSA) is 75.4 Å². The normalized spacial score (nSPS) is 12.9. The lowest BCUT2D eigenvalue weighted by atomic mass is 9.82. The van der Waals surface area contributed by atoms with E-state index >= 15 is 0 Å². The molecular formula is C56H43N3O. The summed E-state index contributed by atoms with van der Waals surface area (Å²) in [6.45, 7) is 6.58. The summed E-state index contributed by atoms with van der Waals surface area (Å²) in [5, 5.41) is 16.0. The Hall–Kier alpha value is -7.56. The van der Waals surface area contributed by atoms with Crippen molar-refractivity contribution in [2.45, 2.75) is 26.2 Å². The molecule has 60 heavy (non-hydrogen) atoms. The number of nitrogens with two attached hydrogens (primary N) is 1. The molecule has 0 radical (unpaired) electrons. The highest BCUT2D eigenvalue weighted by molar-refractivity contribution is 6.17. The molecule has 0 spiro atoms. The number of hydrogen-bond acceptors (Lipinski definition) is 2. The Labute approximate surface area is 349 Å². The number of aryl methyl sites for hydroxylation is 1. The van der Waals surface area contributed by atoms with Crippen LogP contribution in [0.5, 0.6) is 0 Å². The molecule has 1 aliphatic carbocycles. The van der Waals surface area contributed by atoms with E-state index in [-0.39, 0.29) is 11.3 Å². The fourth-order valence-corrected chi connectivity index (χ4v) is 9.08. The van der Waals surface area contributed by atoms with Gasteiger partial charge in [0.2, 0.25) is 0 Å². The Morgan fingerprint density at radius 1 is 0.533 bits per heavy atom. The molecule has 0 amide bonds. The fourth-order valence-electron chi connectivity index (χ4n) is 9.08. The largest absolute Gasteiger partial charge is 0.456 e. The quantitative estimate of drug-likeness (QED) is 0.106. The van der Waals surface area contributed by atoms with Gasteiger partial charge in [0.05, 0.1) is 0 Å². The third-order valence-corrected chi connectivity index (χ3v) is 12.1. The minimum absolute atomic E-state index is 0.122. The predicted molar refractivity (Wildman–Crippen MR) is 252 cm³/mol. The number of aliphatic imine (C=N–C) groups is 1. The van der Waals surface area contributed by atoms with Crippen molar-refractivity contribution >= 4 is 55.2 Å². The molecular weight excluding hydrogens is 731 g/mol. The first-order valence-electron chi connectivity index (χ1n) is 20.4. The Kier molecular flexibility index (Phi) is 8.99. The van der Waals surface area contributed by atoms with Crippen molar-refractivity contribution in [1.82, 2.24) is 0 Å². The van der Waals surface area contributed by atoms with Gasteiger partial charge in [-0.05, 0) is 97.2 Å². The van der Waals surface area contributed by atoms with Crippen LogP contribution in [0.25, 0.3) is 76.9 Å². The molecule has 3 N–H and O–H groups in total. The molecule has 0 saturated heterocycles. The third kappa shape index (κ3) is 6.25. The molecule has 11 rings (SSSR count). The lowest BCUT2D eigenvalue weighted by Crippen LogP contribution is -2.18. The van der Waals surface area contributed by atoms with Gasteiger partial charge in [-0.1, -0.05) is 183 Å². The van der Waals surface area contributed by atoms with Crippen LogP contribution in [0.1, 0.15) is 41.7 Å². The molecule has 0 bridgehead atoms. The Bertz CT molecular complexity index is 3320. The van der Waals surface area contributed by atoms with Gasteiger partial charge >= 0.3 is 0 Å². The van der Waals surface area contributed by atoms with E-state index in [0.29, 0.717) is 11.4 Å². The van der Waals surface area contributed by atoms with Gasteiger partial charge in [0, 0.05) is 27.3 Å². The number of benzene rings is 9. The summed E-state index contributed by atoms with van der Waals surface area (Å²) in [4.78, 5) is 4.64. The minimum Gasteiger partial charge on any atom is -0.456 e. The number of fused-ring (bicyclic) bond motifs is 9. The molecule has 0 atom stereocenters. The van der Waals surface area contributed by atoms with Crippen molar-refractivity contribution in [3.05, 3.63) is 216 Å². The van der Waals surface area contributed by atoms with Crippen LogP contribution < -0.4 is 5.73 Å². The summed E-state index contributed by atoms with van der Waals surface area (Å²) in [6.07, 6.45) is 0. The molecule has 4 nitrogen and oxygen atoms in total. The first-order valence-corrected chi connectivity index (χ1v) is 20.4. The van der Waals surface area contributed by atoms with Gasteiger partial charge < -0.3 is 10.2 Å². The summed E-state index contributed by atoms with van der Waals surface area (Å²) >= 11 is 0. The zero-order valence-electron chi connectivity index (χ0n) is 33.8. The number of hydrogen-bond donors (Lipinski definition) is 2. The summed E-state index contributed by atoms with van der Waals surface area (Å²) in [6, 6.07) is 65.3. The van der Waals surface area contributed by atoms with E-state index < -0.39 is 0 Å². The van der Waals surface area contributed by atoms with Gasteiger partial charge in [0.25, 0.3) is 0 Å². The Morgan fingerprint density at radius 2 is 1.18 bits per heavy atom. The maximum absolute atomic E-state index is 8.95. The molecule has 4 heteroatoms. The maximum atomic E-state index is 8.95. The monoisotopic (exact) mass is 773 g/mol. The van der Waals surface area contributed by atoms with Crippen LogP contribution in [0.15, 0.2) is 197 Å². The summed E-state index contributed by atoms with van der Waals surface area (Å²) in [5.74, 6) is 0.462. The Morgan fingerprint density at radius 3 is 1.97 bits per heavy atom. The zero-order valence-corrected chi connectivity index (χ0v) is 33.8. The van der Waals surface area contributed by atoms with E-state index in [1.54, 1.807) is 0 Å². The van der Waals surface area contributed by atoms with E-state index in [1.807, 2.05) is 54.6 Å². The first kappa shape index (κ1) is 36.8. The van der Waals surface area contributed by atoms with E-state index in [0.717, 1.165) is 49.8 Å². The molecule has 9 aromatic carbocycles. The third-order valence-electron chi connectivity index (χ3n) is 12.1. The number of amidine groups is 2. The summed E-state index contributed by atoms with van der Waals surface area (Å²) in [5.41, 5.74) is 20.4. The van der Waals surface area contributed by atoms with Crippen LogP contribution >= 0.6 is 0 Å². The molecule has 0 unspecified atom stereocenters. The second kappa shape index (κ2) is 14.7. The highest BCUT2D eigenvalue weighted by Gasteiger charge is 2.36. The van der Waals surface area contributed by atoms with Crippen molar-refractivity contribution in [3.63, 3.8) is 0 Å². The van der Waals surface area contributed by atoms with Crippen LogP contribution in [-0.2, 0) is 5.41 Å². The molecule has 0 saturated carbocycles. The van der Waals surface area contributed by atoms with Gasteiger partial charge in [0.1, 0.15) is 17.0 Å². The lowest BCUT2D eigenvalue weighted by Gasteiger charge is -2.21. The van der Waals surface area contributed by atoms with Crippen molar-refractivity contribution in [2.24, 2.45) is 10.7 Å². The fraction of sp³-hybridized carbons (Fsp3) is 0.0714. The van der Waals surface area contributed by atoms with Crippen LogP contribution in [-0.4, -0.2) is 11.7 Å². The van der Waals surface area contributed by atoms with Crippen molar-refractivity contribution in [1.29, 1.82) is 5.41 Å². The average Bonchev–Trinajstić information content (AvgIpc) is 3.78. The maximum Gasteiger partial charge on any atom is 0.154 e. The molecule has 1 aromatic heterocycles. The van der Waals surface area contributed by atoms with Crippen LogP contribution in [0, 0.1) is 12.3 Å².